The Labute approximate surface area is 70.9 Å². The van der Waals surface area contributed by atoms with Crippen molar-refractivity contribution in [3.05, 3.63) is 47.3 Å². The minimum Gasteiger partial charge on any atom is -0.353 e. The summed E-state index contributed by atoms with van der Waals surface area (Å²) < 4.78 is 0. The minimum absolute atomic E-state index is 0.0908. The molecule has 60 valence electrons. The van der Waals surface area contributed by atoms with Gasteiger partial charge in [-0.25, -0.2) is 0 Å². The fraction of sp³-hybridized carbons (Fsp3) is 0.100. The topological polar surface area (TPSA) is 39.0 Å². The van der Waals surface area contributed by atoms with Crippen LogP contribution in [-0.4, -0.2) is 5.78 Å². The summed E-state index contributed by atoms with van der Waals surface area (Å²) in [5.74, 6) is 0.0908. The van der Waals surface area contributed by atoms with Gasteiger partial charge in [0, 0.05) is 11.3 Å². The molecule has 0 amide bonds. The van der Waals surface area contributed by atoms with Gasteiger partial charge in [-0.2, -0.15) is 0 Å². The van der Waals surface area contributed by atoms with Crippen LogP contribution in [0.25, 0.3) is 0 Å². The second-order valence-corrected chi connectivity index (χ2v) is 2.82. The van der Waals surface area contributed by atoms with Gasteiger partial charge in [0.2, 0.25) is 5.78 Å². The number of hydrogen-bond acceptors (Lipinski definition) is 2. The van der Waals surface area contributed by atoms with E-state index in [0.717, 1.165) is 17.0 Å². The molecule has 0 atom stereocenters. The number of benzene rings is 1. The fourth-order valence-corrected chi connectivity index (χ4v) is 1.12. The number of ketones is 1. The number of rotatable bonds is 2. The summed E-state index contributed by atoms with van der Waals surface area (Å²) in [6.07, 6.45) is 0. The summed E-state index contributed by atoms with van der Waals surface area (Å²) in [5, 5.41) is 2.91. The zero-order valence-corrected chi connectivity index (χ0v) is 6.79. The highest BCUT2D eigenvalue weighted by Crippen LogP contribution is 2.18. The summed E-state index contributed by atoms with van der Waals surface area (Å²) in [6.45, 7) is 1.90. The minimum atomic E-state index is 0.0908. The van der Waals surface area contributed by atoms with E-state index in [-0.39, 0.29) is 5.78 Å². The van der Waals surface area contributed by atoms with E-state index >= 15 is 0 Å². The molecule has 2 heteroatoms. The third-order valence-corrected chi connectivity index (χ3v) is 1.89. The monoisotopic (exact) mass is 159 g/mol. The SMILES string of the molecule is CC1=C(C(=O)c2ccccc2)N1. The number of nitrogens with one attached hydrogen (secondary N) is 1. The lowest BCUT2D eigenvalue weighted by atomic mass is 10.1. The van der Waals surface area contributed by atoms with Crippen molar-refractivity contribution in [2.24, 2.45) is 0 Å². The zero-order chi connectivity index (χ0) is 8.55. The van der Waals surface area contributed by atoms with E-state index < -0.39 is 0 Å². The summed E-state index contributed by atoms with van der Waals surface area (Å²) >= 11 is 0. The molecule has 0 saturated carbocycles. The van der Waals surface area contributed by atoms with E-state index in [9.17, 15) is 4.79 Å². The summed E-state index contributed by atoms with van der Waals surface area (Å²) in [4.78, 5) is 11.5. The maximum absolute atomic E-state index is 11.5. The van der Waals surface area contributed by atoms with Crippen LogP contribution in [0.15, 0.2) is 41.7 Å². The molecular weight excluding hydrogens is 150 g/mol. The first-order chi connectivity index (χ1) is 5.79. The predicted molar refractivity (Wildman–Crippen MR) is 46.6 cm³/mol. The number of carbonyl (C=O) groups excluding carboxylic acids is 1. The normalized spacial score (nSPS) is 14.1. The first-order valence-corrected chi connectivity index (χ1v) is 3.86. The third kappa shape index (κ3) is 1.11. The lowest BCUT2D eigenvalue weighted by Crippen LogP contribution is -1.99. The van der Waals surface area contributed by atoms with E-state index in [4.69, 9.17) is 0 Å². The van der Waals surface area contributed by atoms with Crippen LogP contribution in [0.1, 0.15) is 17.3 Å². The molecule has 0 spiro atoms. The predicted octanol–water partition coefficient (Wildman–Crippen LogP) is 1.70. The van der Waals surface area contributed by atoms with Crippen LogP contribution in [0.3, 0.4) is 0 Å². The van der Waals surface area contributed by atoms with E-state index in [1.807, 2.05) is 37.3 Å². The average molecular weight is 159 g/mol. The molecule has 0 radical (unpaired) electrons. The highest BCUT2D eigenvalue weighted by molar-refractivity contribution is 6.11. The third-order valence-electron chi connectivity index (χ3n) is 1.89. The van der Waals surface area contributed by atoms with Crippen molar-refractivity contribution in [1.82, 2.24) is 5.32 Å². The van der Waals surface area contributed by atoms with Gasteiger partial charge < -0.3 is 5.32 Å². The standard InChI is InChI=1S/C10H9NO/c1-7-9(11-7)10(12)8-5-3-2-4-6-8/h2-6,11H,1H3. The van der Waals surface area contributed by atoms with Crippen LogP contribution in [0.2, 0.25) is 0 Å². The molecule has 0 aromatic heterocycles. The van der Waals surface area contributed by atoms with Crippen molar-refractivity contribution in [2.75, 3.05) is 0 Å². The quantitative estimate of drug-likeness (QED) is 0.667. The summed E-state index contributed by atoms with van der Waals surface area (Å²) in [6, 6.07) is 9.28. The molecule has 1 aliphatic heterocycles. The largest absolute Gasteiger partial charge is 0.353 e. The number of hydrogen-bond donors (Lipinski definition) is 1. The molecule has 0 bridgehead atoms. The molecule has 1 aromatic carbocycles. The van der Waals surface area contributed by atoms with E-state index in [0.29, 0.717) is 0 Å². The Hall–Kier alpha value is -1.57. The Bertz CT molecular complexity index is 351. The highest BCUT2D eigenvalue weighted by atomic mass is 16.1. The molecule has 0 aliphatic carbocycles. The lowest BCUT2D eigenvalue weighted by molar-refractivity contribution is 0.103. The summed E-state index contributed by atoms with van der Waals surface area (Å²) in [7, 11) is 0. The van der Waals surface area contributed by atoms with E-state index in [1.54, 1.807) is 0 Å². The fourth-order valence-electron chi connectivity index (χ4n) is 1.12. The average Bonchev–Trinajstić information content (AvgIpc) is 2.83. The van der Waals surface area contributed by atoms with Crippen molar-refractivity contribution >= 4 is 5.78 Å². The van der Waals surface area contributed by atoms with Crippen LogP contribution in [0.4, 0.5) is 0 Å². The van der Waals surface area contributed by atoms with Gasteiger partial charge in [0.25, 0.3) is 0 Å². The molecule has 1 aromatic rings. The van der Waals surface area contributed by atoms with Gasteiger partial charge in [0.05, 0.1) is 0 Å². The first-order valence-electron chi connectivity index (χ1n) is 3.86. The van der Waals surface area contributed by atoms with Crippen molar-refractivity contribution in [1.29, 1.82) is 0 Å². The smallest absolute Gasteiger partial charge is 0.210 e. The molecule has 2 rings (SSSR count). The summed E-state index contributed by atoms with van der Waals surface area (Å²) in [5.41, 5.74) is 2.49. The molecule has 2 nitrogen and oxygen atoms in total. The van der Waals surface area contributed by atoms with Crippen molar-refractivity contribution in [3.63, 3.8) is 0 Å². The first kappa shape index (κ1) is 7.10. The van der Waals surface area contributed by atoms with E-state index in [1.165, 1.54) is 0 Å². The van der Waals surface area contributed by atoms with Crippen molar-refractivity contribution in [2.45, 2.75) is 6.92 Å². The maximum atomic E-state index is 11.5. The Balaban J connectivity index is 2.28. The molecule has 0 fully saturated rings. The number of Topliss-reactive ketones (excluding diaryl/α,β-unsaturated/α-hetero) is 1. The molecule has 1 N–H and O–H groups in total. The van der Waals surface area contributed by atoms with Gasteiger partial charge in [-0.15, -0.1) is 0 Å². The van der Waals surface area contributed by atoms with Crippen molar-refractivity contribution in [3.8, 4) is 0 Å². The van der Waals surface area contributed by atoms with E-state index in [2.05, 4.69) is 5.32 Å². The molecular formula is C10H9NO. The molecule has 1 heterocycles. The second-order valence-electron chi connectivity index (χ2n) is 2.82. The van der Waals surface area contributed by atoms with Crippen LogP contribution < -0.4 is 5.32 Å². The van der Waals surface area contributed by atoms with Crippen LogP contribution in [-0.2, 0) is 0 Å². The highest BCUT2D eigenvalue weighted by Gasteiger charge is 2.24. The van der Waals surface area contributed by atoms with Crippen molar-refractivity contribution < 1.29 is 4.79 Å². The zero-order valence-electron chi connectivity index (χ0n) is 6.79. The molecule has 0 unspecified atom stereocenters. The second kappa shape index (κ2) is 2.48. The van der Waals surface area contributed by atoms with Gasteiger partial charge in [0.1, 0.15) is 5.70 Å². The number of carbonyl (C=O) groups is 1. The van der Waals surface area contributed by atoms with Gasteiger partial charge in [-0.05, 0) is 6.92 Å². The maximum Gasteiger partial charge on any atom is 0.210 e. The Morgan fingerprint density at radius 3 is 2.33 bits per heavy atom. The van der Waals surface area contributed by atoms with Crippen LogP contribution in [0.5, 0.6) is 0 Å². The van der Waals surface area contributed by atoms with Gasteiger partial charge >= 0.3 is 0 Å². The Morgan fingerprint density at radius 2 is 1.83 bits per heavy atom. The molecule has 1 aliphatic rings. The lowest BCUT2D eigenvalue weighted by Gasteiger charge is -1.92. The Kier molecular flexibility index (Phi) is 1.47. The van der Waals surface area contributed by atoms with Gasteiger partial charge in [-0.3, -0.25) is 4.79 Å². The van der Waals surface area contributed by atoms with Crippen LogP contribution in [0, 0.1) is 0 Å². The number of allylic oxidation sites excluding steroid dienone is 2. The molecule has 0 saturated heterocycles. The van der Waals surface area contributed by atoms with Gasteiger partial charge in [0.15, 0.2) is 0 Å². The molecule has 12 heavy (non-hydrogen) atoms. The Morgan fingerprint density at radius 1 is 1.25 bits per heavy atom. The van der Waals surface area contributed by atoms with Crippen LogP contribution >= 0.6 is 0 Å². The van der Waals surface area contributed by atoms with Gasteiger partial charge in [-0.1, -0.05) is 30.3 Å².